The maximum absolute atomic E-state index is 13.0. The Morgan fingerprint density at radius 1 is 1.08 bits per heavy atom. The van der Waals surface area contributed by atoms with Gasteiger partial charge in [0, 0.05) is 30.7 Å². The zero-order valence-corrected chi connectivity index (χ0v) is 19.5. The van der Waals surface area contributed by atoms with E-state index in [1.807, 2.05) is 6.92 Å². The summed E-state index contributed by atoms with van der Waals surface area (Å²) in [6, 6.07) is 3.36. The van der Waals surface area contributed by atoms with Gasteiger partial charge in [-0.3, -0.25) is 9.53 Å². The van der Waals surface area contributed by atoms with Gasteiger partial charge in [-0.25, -0.2) is 4.79 Å². The number of alkyl halides is 6. The fourth-order valence-corrected chi connectivity index (χ4v) is 5.23. The van der Waals surface area contributed by atoms with Gasteiger partial charge < -0.3 is 19.9 Å². The van der Waals surface area contributed by atoms with Gasteiger partial charge in [0.2, 0.25) is 0 Å². The number of benzene rings is 1. The first kappa shape index (κ1) is 26.4. The van der Waals surface area contributed by atoms with E-state index in [1.54, 1.807) is 9.80 Å². The van der Waals surface area contributed by atoms with Crippen molar-refractivity contribution in [3.8, 4) is 5.75 Å². The third-order valence-corrected chi connectivity index (χ3v) is 7.25. The lowest BCUT2D eigenvalue weighted by Crippen LogP contribution is -2.64. The molecule has 0 spiro atoms. The van der Waals surface area contributed by atoms with Crippen molar-refractivity contribution in [2.24, 2.45) is 0 Å². The molecular formula is C23H27F6N3O4. The summed E-state index contributed by atoms with van der Waals surface area (Å²) >= 11 is 0. The summed E-state index contributed by atoms with van der Waals surface area (Å²) in [6.07, 6.45) is -8.06. The lowest BCUT2D eigenvalue weighted by atomic mass is 9.69. The van der Waals surface area contributed by atoms with Crippen molar-refractivity contribution < 1.29 is 45.4 Å². The molecular weight excluding hydrogens is 496 g/mol. The van der Waals surface area contributed by atoms with Gasteiger partial charge in [0.15, 0.2) is 6.61 Å². The zero-order valence-electron chi connectivity index (χ0n) is 19.5. The van der Waals surface area contributed by atoms with E-state index in [4.69, 9.17) is 4.74 Å². The summed E-state index contributed by atoms with van der Waals surface area (Å²) in [5.41, 5.74) is -1.25. The highest BCUT2D eigenvalue weighted by Crippen LogP contribution is 2.44. The number of ether oxygens (including phenoxy) is 2. The summed E-state index contributed by atoms with van der Waals surface area (Å²) in [6.45, 7) is 2.48. The van der Waals surface area contributed by atoms with Gasteiger partial charge >= 0.3 is 18.6 Å². The Labute approximate surface area is 203 Å². The Morgan fingerprint density at radius 3 is 2.28 bits per heavy atom. The molecule has 7 nitrogen and oxygen atoms in total. The van der Waals surface area contributed by atoms with Crippen LogP contribution in [-0.2, 0) is 15.7 Å². The van der Waals surface area contributed by atoms with Gasteiger partial charge in [-0.2, -0.15) is 13.2 Å². The van der Waals surface area contributed by atoms with Crippen LogP contribution < -0.4 is 10.1 Å². The van der Waals surface area contributed by atoms with Crippen molar-refractivity contribution in [2.75, 3.05) is 19.7 Å². The molecule has 3 amide bonds. The molecule has 3 aliphatic rings. The van der Waals surface area contributed by atoms with Gasteiger partial charge in [0.05, 0.1) is 11.7 Å². The molecule has 200 valence electrons. The average Bonchev–Trinajstić information content (AvgIpc) is 3.11. The van der Waals surface area contributed by atoms with Gasteiger partial charge in [-0.15, -0.1) is 13.2 Å². The first-order valence-corrected chi connectivity index (χ1v) is 11.7. The van der Waals surface area contributed by atoms with Crippen molar-refractivity contribution >= 4 is 11.9 Å². The van der Waals surface area contributed by atoms with Crippen molar-refractivity contribution in [1.29, 1.82) is 0 Å². The molecule has 1 aromatic carbocycles. The Balaban J connectivity index is 1.22. The molecule has 1 saturated heterocycles. The molecule has 0 atom stereocenters. The van der Waals surface area contributed by atoms with E-state index >= 15 is 0 Å². The molecule has 3 fully saturated rings. The Morgan fingerprint density at radius 2 is 1.72 bits per heavy atom. The SMILES string of the molecule is CCC1(N2CCN(C3CC(OC(F)(F)F)C3)C2=O)CC(NC(=O)COc2ccc(C(F)(F)F)cc2)C1. The fourth-order valence-electron chi connectivity index (χ4n) is 5.23. The molecule has 4 rings (SSSR count). The molecule has 2 saturated carbocycles. The molecule has 0 unspecified atom stereocenters. The number of rotatable bonds is 8. The molecule has 13 heteroatoms. The second-order valence-electron chi connectivity index (χ2n) is 9.50. The second-order valence-corrected chi connectivity index (χ2v) is 9.50. The maximum atomic E-state index is 13.0. The fraction of sp³-hybridized carbons (Fsp3) is 0.652. The highest BCUT2D eigenvalue weighted by Gasteiger charge is 2.54. The van der Waals surface area contributed by atoms with Crippen LogP contribution in [0.5, 0.6) is 5.75 Å². The van der Waals surface area contributed by atoms with Crippen LogP contribution >= 0.6 is 0 Å². The first-order chi connectivity index (χ1) is 16.8. The second kappa shape index (κ2) is 9.64. The first-order valence-electron chi connectivity index (χ1n) is 11.7. The van der Waals surface area contributed by atoms with Crippen molar-refractivity contribution in [1.82, 2.24) is 15.1 Å². The quantitative estimate of drug-likeness (QED) is 0.516. The predicted molar refractivity (Wildman–Crippen MR) is 114 cm³/mol. The minimum atomic E-state index is -4.68. The van der Waals surface area contributed by atoms with E-state index in [-0.39, 0.29) is 43.3 Å². The topological polar surface area (TPSA) is 71.1 Å². The number of carbonyl (C=O) groups is 2. The van der Waals surface area contributed by atoms with Crippen LogP contribution in [0.15, 0.2) is 24.3 Å². The van der Waals surface area contributed by atoms with E-state index < -0.39 is 35.7 Å². The lowest BCUT2D eigenvalue weighted by Gasteiger charge is -2.53. The van der Waals surface area contributed by atoms with Crippen LogP contribution in [0.25, 0.3) is 0 Å². The molecule has 1 aromatic rings. The number of carbonyl (C=O) groups excluding carboxylic acids is 2. The zero-order chi connectivity index (χ0) is 26.3. The molecule has 1 heterocycles. The summed E-state index contributed by atoms with van der Waals surface area (Å²) in [5, 5.41) is 2.81. The lowest BCUT2D eigenvalue weighted by molar-refractivity contribution is -0.353. The van der Waals surface area contributed by atoms with E-state index in [0.717, 1.165) is 24.3 Å². The van der Waals surface area contributed by atoms with E-state index in [1.165, 1.54) is 0 Å². The van der Waals surface area contributed by atoms with Crippen molar-refractivity contribution in [3.63, 3.8) is 0 Å². The summed E-state index contributed by atoms with van der Waals surface area (Å²) in [7, 11) is 0. The van der Waals surface area contributed by atoms with Crippen molar-refractivity contribution in [3.05, 3.63) is 29.8 Å². The normalized spacial score (nSPS) is 28.5. The van der Waals surface area contributed by atoms with Crippen LogP contribution in [0.1, 0.15) is 44.6 Å². The van der Waals surface area contributed by atoms with E-state index in [0.29, 0.717) is 32.4 Å². The standard InChI is InChI=1S/C23H27F6N3O4/c1-2-21(32-8-7-31(20(32)34)16-9-18(10-16)36-23(27,28)29)11-15(12-21)30-19(33)13-35-17-5-3-14(4-6-17)22(24,25)26/h3-6,15-16,18H,2,7-13H2,1H3,(H,30,33). The largest absolute Gasteiger partial charge is 0.522 e. The summed E-state index contributed by atoms with van der Waals surface area (Å²) < 4.78 is 84.2. The number of halogens is 6. The molecule has 1 aliphatic heterocycles. The van der Waals surface area contributed by atoms with Crippen LogP contribution in [0, 0.1) is 0 Å². The highest BCUT2D eigenvalue weighted by molar-refractivity contribution is 5.79. The molecule has 0 bridgehead atoms. The van der Waals surface area contributed by atoms with Gasteiger partial charge in [-0.1, -0.05) is 6.92 Å². The predicted octanol–water partition coefficient (Wildman–Crippen LogP) is 4.32. The average molecular weight is 523 g/mol. The minimum absolute atomic E-state index is 0.135. The van der Waals surface area contributed by atoms with Crippen LogP contribution in [0.3, 0.4) is 0 Å². The third kappa shape index (κ3) is 5.65. The molecule has 1 N–H and O–H groups in total. The van der Waals surface area contributed by atoms with Gasteiger partial charge in [0.25, 0.3) is 5.91 Å². The molecule has 2 aliphatic carbocycles. The number of nitrogens with zero attached hydrogens (tertiary/aromatic N) is 2. The summed E-state index contributed by atoms with van der Waals surface area (Å²) in [5.74, 6) is -0.291. The highest BCUT2D eigenvalue weighted by atomic mass is 19.4. The van der Waals surface area contributed by atoms with Crippen LogP contribution in [0.4, 0.5) is 31.1 Å². The molecule has 36 heavy (non-hydrogen) atoms. The minimum Gasteiger partial charge on any atom is -0.484 e. The van der Waals surface area contributed by atoms with Gasteiger partial charge in [0.1, 0.15) is 5.75 Å². The summed E-state index contributed by atoms with van der Waals surface area (Å²) in [4.78, 5) is 28.6. The number of hydrogen-bond acceptors (Lipinski definition) is 4. The number of amides is 3. The Kier molecular flexibility index (Phi) is 7.06. The number of hydrogen-bond donors (Lipinski definition) is 1. The van der Waals surface area contributed by atoms with Gasteiger partial charge in [-0.05, 0) is 56.4 Å². The molecule has 0 aromatic heterocycles. The smallest absolute Gasteiger partial charge is 0.484 e. The number of nitrogens with one attached hydrogen (secondary N) is 1. The van der Waals surface area contributed by atoms with Crippen LogP contribution in [-0.4, -0.2) is 71.5 Å². The van der Waals surface area contributed by atoms with E-state index in [2.05, 4.69) is 10.1 Å². The Bertz CT molecular complexity index is 956. The van der Waals surface area contributed by atoms with Crippen LogP contribution in [0.2, 0.25) is 0 Å². The maximum Gasteiger partial charge on any atom is 0.522 e. The van der Waals surface area contributed by atoms with Crippen molar-refractivity contribution in [2.45, 2.75) is 75.3 Å². The molecule has 0 radical (unpaired) electrons. The Hall–Kier alpha value is -2.70. The van der Waals surface area contributed by atoms with E-state index in [9.17, 15) is 35.9 Å². The number of urea groups is 1. The monoisotopic (exact) mass is 523 g/mol. The third-order valence-electron chi connectivity index (χ3n) is 7.25.